The Kier molecular flexibility index (Phi) is 4.24. The Morgan fingerprint density at radius 2 is 1.78 bits per heavy atom. The molecule has 2 aromatic carbocycles. The van der Waals surface area contributed by atoms with Crippen molar-refractivity contribution >= 4 is 22.7 Å². The molecule has 0 amide bonds. The fraction of sp³-hybridized carbons (Fsp3) is 0.158. The van der Waals surface area contributed by atoms with Crippen LogP contribution in [0.1, 0.15) is 33.2 Å². The van der Waals surface area contributed by atoms with Gasteiger partial charge in [-0.2, -0.15) is 0 Å². The first-order valence-corrected chi connectivity index (χ1v) is 7.54. The summed E-state index contributed by atoms with van der Waals surface area (Å²) >= 11 is 0. The third-order valence-electron chi connectivity index (χ3n) is 3.82. The summed E-state index contributed by atoms with van der Waals surface area (Å²) in [6.07, 6.45) is 2.56. The van der Waals surface area contributed by atoms with E-state index >= 15 is 0 Å². The molecule has 4 nitrogen and oxygen atoms in total. The molecule has 1 aromatic heterocycles. The Balaban J connectivity index is 1.67. The van der Waals surface area contributed by atoms with Gasteiger partial charge in [0.25, 0.3) is 0 Å². The van der Waals surface area contributed by atoms with Crippen molar-refractivity contribution in [1.82, 2.24) is 4.98 Å². The van der Waals surface area contributed by atoms with Crippen molar-refractivity contribution in [2.45, 2.75) is 13.3 Å². The number of ether oxygens (including phenoxy) is 1. The lowest BCUT2D eigenvalue weighted by Crippen LogP contribution is -2.14. The SMILES string of the molecule is CCc1ccc(C(=O)OCC(=O)c2c[nH]c3ccccc23)cc1. The summed E-state index contributed by atoms with van der Waals surface area (Å²) in [5.74, 6) is -0.707. The van der Waals surface area contributed by atoms with Crippen LogP contribution >= 0.6 is 0 Å². The number of ketones is 1. The fourth-order valence-corrected chi connectivity index (χ4v) is 2.47. The van der Waals surface area contributed by atoms with E-state index in [2.05, 4.69) is 4.98 Å². The molecule has 0 atom stereocenters. The highest BCUT2D eigenvalue weighted by molar-refractivity contribution is 6.09. The predicted octanol–water partition coefficient (Wildman–Crippen LogP) is 3.77. The van der Waals surface area contributed by atoms with Gasteiger partial charge in [0.2, 0.25) is 5.78 Å². The number of para-hydroxylation sites is 1. The van der Waals surface area contributed by atoms with E-state index in [4.69, 9.17) is 4.74 Å². The van der Waals surface area contributed by atoms with Crippen molar-refractivity contribution in [3.63, 3.8) is 0 Å². The van der Waals surface area contributed by atoms with Crippen LogP contribution < -0.4 is 0 Å². The molecule has 23 heavy (non-hydrogen) atoms. The van der Waals surface area contributed by atoms with E-state index < -0.39 is 5.97 Å². The lowest BCUT2D eigenvalue weighted by molar-refractivity contribution is 0.0475. The molecule has 1 heterocycles. The maximum atomic E-state index is 12.3. The molecule has 0 bridgehead atoms. The Hall–Kier alpha value is -2.88. The van der Waals surface area contributed by atoms with E-state index in [0.29, 0.717) is 11.1 Å². The van der Waals surface area contributed by atoms with Crippen LogP contribution in [0.25, 0.3) is 10.9 Å². The minimum absolute atomic E-state index is 0.221. The molecule has 0 unspecified atom stereocenters. The minimum Gasteiger partial charge on any atom is -0.454 e. The standard InChI is InChI=1S/C19H17NO3/c1-2-13-7-9-14(10-8-13)19(22)23-12-18(21)16-11-20-17-6-4-3-5-15(16)17/h3-11,20H,2,12H2,1H3. The highest BCUT2D eigenvalue weighted by Gasteiger charge is 2.15. The average Bonchev–Trinajstić information content (AvgIpc) is 3.03. The van der Waals surface area contributed by atoms with E-state index in [1.54, 1.807) is 18.3 Å². The Bertz CT molecular complexity index is 846. The van der Waals surface area contributed by atoms with Gasteiger partial charge >= 0.3 is 5.97 Å². The second-order valence-corrected chi connectivity index (χ2v) is 5.30. The summed E-state index contributed by atoms with van der Waals surface area (Å²) in [5, 5.41) is 0.834. The number of aryl methyl sites for hydroxylation is 1. The van der Waals surface area contributed by atoms with Crippen LogP contribution in [0, 0.1) is 0 Å². The van der Waals surface area contributed by atoms with Crippen LogP contribution in [0.2, 0.25) is 0 Å². The zero-order valence-electron chi connectivity index (χ0n) is 12.8. The number of aromatic amines is 1. The van der Waals surface area contributed by atoms with Gasteiger partial charge in [-0.1, -0.05) is 37.3 Å². The van der Waals surface area contributed by atoms with Crippen LogP contribution in [0.5, 0.6) is 0 Å². The first-order valence-electron chi connectivity index (χ1n) is 7.54. The maximum Gasteiger partial charge on any atom is 0.338 e. The molecule has 3 rings (SSSR count). The average molecular weight is 307 g/mol. The van der Waals surface area contributed by atoms with Gasteiger partial charge in [0.15, 0.2) is 6.61 Å². The number of fused-ring (bicyclic) bond motifs is 1. The van der Waals surface area contributed by atoms with Crippen LogP contribution in [0.3, 0.4) is 0 Å². The lowest BCUT2D eigenvalue weighted by Gasteiger charge is -2.05. The zero-order valence-corrected chi connectivity index (χ0v) is 12.8. The lowest BCUT2D eigenvalue weighted by atomic mass is 10.1. The third kappa shape index (κ3) is 3.16. The zero-order chi connectivity index (χ0) is 16.2. The molecule has 0 saturated carbocycles. The monoisotopic (exact) mass is 307 g/mol. The number of Topliss-reactive ketones (excluding diaryl/α,β-unsaturated/α-hetero) is 1. The quantitative estimate of drug-likeness (QED) is 0.576. The largest absolute Gasteiger partial charge is 0.454 e. The smallest absolute Gasteiger partial charge is 0.338 e. The molecule has 116 valence electrons. The highest BCUT2D eigenvalue weighted by atomic mass is 16.5. The molecular formula is C19H17NO3. The summed E-state index contributed by atoms with van der Waals surface area (Å²) in [6, 6.07) is 14.7. The van der Waals surface area contributed by atoms with Crippen LogP contribution in [0.15, 0.2) is 54.7 Å². The van der Waals surface area contributed by atoms with Crippen molar-refractivity contribution < 1.29 is 14.3 Å². The normalized spacial score (nSPS) is 10.7. The van der Waals surface area contributed by atoms with Crippen LogP contribution in [-0.4, -0.2) is 23.3 Å². The van der Waals surface area contributed by atoms with E-state index in [1.807, 2.05) is 43.3 Å². The van der Waals surface area contributed by atoms with Gasteiger partial charge in [0.1, 0.15) is 0 Å². The highest BCUT2D eigenvalue weighted by Crippen LogP contribution is 2.18. The number of H-pyrrole nitrogens is 1. The summed E-state index contributed by atoms with van der Waals surface area (Å²) in [5.41, 5.74) is 3.03. The first-order chi connectivity index (χ1) is 11.2. The second-order valence-electron chi connectivity index (χ2n) is 5.30. The first kappa shape index (κ1) is 15.0. The molecule has 0 radical (unpaired) electrons. The van der Waals surface area contributed by atoms with Gasteiger partial charge in [-0.15, -0.1) is 0 Å². The number of carbonyl (C=O) groups excluding carboxylic acids is 2. The van der Waals surface area contributed by atoms with Gasteiger partial charge in [-0.25, -0.2) is 4.79 Å². The number of nitrogens with one attached hydrogen (secondary N) is 1. The van der Waals surface area contributed by atoms with E-state index in [-0.39, 0.29) is 12.4 Å². The molecule has 0 saturated heterocycles. The number of benzene rings is 2. The van der Waals surface area contributed by atoms with Crippen molar-refractivity contribution in [2.24, 2.45) is 0 Å². The molecule has 0 spiro atoms. The summed E-state index contributed by atoms with van der Waals surface area (Å²) in [4.78, 5) is 27.3. The number of rotatable bonds is 5. The Labute approximate surface area is 134 Å². The van der Waals surface area contributed by atoms with Crippen molar-refractivity contribution in [3.05, 3.63) is 71.4 Å². The maximum absolute atomic E-state index is 12.3. The van der Waals surface area contributed by atoms with E-state index in [1.165, 1.54) is 0 Å². The predicted molar refractivity (Wildman–Crippen MR) is 88.7 cm³/mol. The number of hydrogen-bond acceptors (Lipinski definition) is 3. The number of hydrogen-bond donors (Lipinski definition) is 1. The number of carbonyl (C=O) groups is 2. The molecule has 4 heteroatoms. The van der Waals surface area contributed by atoms with Gasteiger partial charge in [0.05, 0.1) is 5.56 Å². The topological polar surface area (TPSA) is 59.2 Å². The van der Waals surface area contributed by atoms with Crippen molar-refractivity contribution in [3.8, 4) is 0 Å². The molecule has 0 fully saturated rings. The fourth-order valence-electron chi connectivity index (χ4n) is 2.47. The number of aromatic nitrogens is 1. The third-order valence-corrected chi connectivity index (χ3v) is 3.82. The molecule has 0 aliphatic carbocycles. The summed E-state index contributed by atoms with van der Waals surface area (Å²) < 4.78 is 5.13. The van der Waals surface area contributed by atoms with Crippen molar-refractivity contribution in [1.29, 1.82) is 0 Å². The Morgan fingerprint density at radius 1 is 1.04 bits per heavy atom. The summed E-state index contributed by atoms with van der Waals surface area (Å²) in [6.45, 7) is 1.78. The molecule has 0 aliphatic rings. The van der Waals surface area contributed by atoms with Gasteiger partial charge in [-0.05, 0) is 30.2 Å². The molecule has 1 N–H and O–H groups in total. The van der Waals surface area contributed by atoms with Gasteiger partial charge in [-0.3, -0.25) is 4.79 Å². The van der Waals surface area contributed by atoms with E-state index in [0.717, 1.165) is 22.9 Å². The molecular weight excluding hydrogens is 290 g/mol. The van der Waals surface area contributed by atoms with Gasteiger partial charge in [0, 0.05) is 22.7 Å². The van der Waals surface area contributed by atoms with Crippen LogP contribution in [0.4, 0.5) is 0 Å². The van der Waals surface area contributed by atoms with Crippen LogP contribution in [-0.2, 0) is 11.2 Å². The minimum atomic E-state index is -0.485. The number of esters is 1. The Morgan fingerprint density at radius 3 is 2.52 bits per heavy atom. The van der Waals surface area contributed by atoms with E-state index in [9.17, 15) is 9.59 Å². The van der Waals surface area contributed by atoms with Gasteiger partial charge < -0.3 is 9.72 Å². The molecule has 3 aromatic rings. The summed E-state index contributed by atoms with van der Waals surface area (Å²) in [7, 11) is 0. The molecule has 0 aliphatic heterocycles. The van der Waals surface area contributed by atoms with Crippen molar-refractivity contribution in [2.75, 3.05) is 6.61 Å². The second kappa shape index (κ2) is 6.48.